The lowest BCUT2D eigenvalue weighted by atomic mass is 10.2. The highest BCUT2D eigenvalue weighted by Gasteiger charge is 2.22. The fourth-order valence-corrected chi connectivity index (χ4v) is 2.08. The van der Waals surface area contributed by atoms with Gasteiger partial charge in [-0.1, -0.05) is 6.08 Å². The number of nitrogens with zero attached hydrogens (tertiary/aromatic N) is 2. The van der Waals surface area contributed by atoms with Crippen LogP contribution in [-0.4, -0.2) is 61.8 Å². The SMILES string of the molecule is C=CCN1CCN(CCOCC)[C@@H](C)C1. The topological polar surface area (TPSA) is 15.7 Å². The van der Waals surface area contributed by atoms with Crippen LogP contribution in [0.3, 0.4) is 0 Å². The Balaban J connectivity index is 2.22. The zero-order valence-corrected chi connectivity index (χ0v) is 10.1. The average molecular weight is 212 g/mol. The molecule has 15 heavy (non-hydrogen) atoms. The number of hydrogen-bond donors (Lipinski definition) is 0. The van der Waals surface area contributed by atoms with E-state index in [9.17, 15) is 0 Å². The lowest BCUT2D eigenvalue weighted by molar-refractivity contribution is 0.0535. The Hall–Kier alpha value is -0.380. The molecule has 0 N–H and O–H groups in total. The summed E-state index contributed by atoms with van der Waals surface area (Å²) >= 11 is 0. The summed E-state index contributed by atoms with van der Waals surface area (Å²) in [5.41, 5.74) is 0. The van der Waals surface area contributed by atoms with Crippen LogP contribution in [0.4, 0.5) is 0 Å². The molecule has 1 rings (SSSR count). The van der Waals surface area contributed by atoms with Crippen molar-refractivity contribution in [2.75, 3.05) is 45.9 Å². The number of ether oxygens (including phenoxy) is 1. The van der Waals surface area contributed by atoms with Crippen molar-refractivity contribution in [2.45, 2.75) is 19.9 Å². The Bertz CT molecular complexity index is 184. The molecular formula is C12H24N2O. The third-order valence-electron chi connectivity index (χ3n) is 2.96. The number of hydrogen-bond acceptors (Lipinski definition) is 3. The molecule has 1 aliphatic heterocycles. The normalized spacial score (nSPS) is 24.3. The average Bonchev–Trinajstić information content (AvgIpc) is 2.22. The maximum absolute atomic E-state index is 5.39. The summed E-state index contributed by atoms with van der Waals surface area (Å²) in [6.07, 6.45) is 1.99. The van der Waals surface area contributed by atoms with E-state index in [1.165, 1.54) is 0 Å². The molecular weight excluding hydrogens is 188 g/mol. The summed E-state index contributed by atoms with van der Waals surface area (Å²) < 4.78 is 5.39. The molecule has 3 heteroatoms. The molecule has 1 fully saturated rings. The van der Waals surface area contributed by atoms with E-state index in [2.05, 4.69) is 23.3 Å². The van der Waals surface area contributed by atoms with Gasteiger partial charge >= 0.3 is 0 Å². The predicted octanol–water partition coefficient (Wildman–Crippen LogP) is 1.21. The van der Waals surface area contributed by atoms with Crippen LogP contribution in [0, 0.1) is 0 Å². The summed E-state index contributed by atoms with van der Waals surface area (Å²) in [4.78, 5) is 4.96. The van der Waals surface area contributed by atoms with Gasteiger partial charge in [-0.3, -0.25) is 9.80 Å². The van der Waals surface area contributed by atoms with Gasteiger partial charge in [-0.2, -0.15) is 0 Å². The van der Waals surface area contributed by atoms with Gasteiger partial charge in [0.05, 0.1) is 6.61 Å². The largest absolute Gasteiger partial charge is 0.380 e. The van der Waals surface area contributed by atoms with E-state index >= 15 is 0 Å². The predicted molar refractivity (Wildman–Crippen MR) is 64.2 cm³/mol. The molecule has 0 bridgehead atoms. The standard InChI is InChI=1S/C12H24N2O/c1-4-6-13-7-8-14(12(3)11-13)9-10-15-5-2/h4,12H,1,5-11H2,2-3H3/t12-/m0/s1. The number of rotatable bonds is 6. The Morgan fingerprint density at radius 3 is 2.87 bits per heavy atom. The van der Waals surface area contributed by atoms with Crippen LogP contribution >= 0.6 is 0 Å². The Morgan fingerprint density at radius 2 is 2.27 bits per heavy atom. The van der Waals surface area contributed by atoms with Crippen molar-refractivity contribution in [1.29, 1.82) is 0 Å². The molecule has 0 aliphatic carbocycles. The molecule has 0 aromatic heterocycles. The van der Waals surface area contributed by atoms with Crippen molar-refractivity contribution in [2.24, 2.45) is 0 Å². The molecule has 0 amide bonds. The molecule has 0 aromatic carbocycles. The minimum absolute atomic E-state index is 0.638. The monoisotopic (exact) mass is 212 g/mol. The highest BCUT2D eigenvalue weighted by Crippen LogP contribution is 2.08. The van der Waals surface area contributed by atoms with Crippen molar-refractivity contribution >= 4 is 0 Å². The van der Waals surface area contributed by atoms with Crippen LogP contribution < -0.4 is 0 Å². The molecule has 0 unspecified atom stereocenters. The molecule has 1 aliphatic rings. The van der Waals surface area contributed by atoms with Crippen LogP contribution in [-0.2, 0) is 4.74 Å². The maximum atomic E-state index is 5.39. The molecule has 0 saturated carbocycles. The molecule has 0 spiro atoms. The first kappa shape index (κ1) is 12.7. The van der Waals surface area contributed by atoms with Crippen molar-refractivity contribution in [3.63, 3.8) is 0 Å². The lowest BCUT2D eigenvalue weighted by Crippen LogP contribution is -2.52. The Labute approximate surface area is 93.7 Å². The summed E-state index contributed by atoms with van der Waals surface area (Å²) in [6.45, 7) is 15.4. The van der Waals surface area contributed by atoms with Gasteiger partial charge in [0, 0.05) is 45.4 Å². The van der Waals surface area contributed by atoms with Gasteiger partial charge < -0.3 is 4.74 Å². The van der Waals surface area contributed by atoms with Gasteiger partial charge in [-0.05, 0) is 13.8 Å². The summed E-state index contributed by atoms with van der Waals surface area (Å²) in [6, 6.07) is 0.638. The zero-order valence-electron chi connectivity index (χ0n) is 10.1. The summed E-state index contributed by atoms with van der Waals surface area (Å²) in [7, 11) is 0. The van der Waals surface area contributed by atoms with Crippen molar-refractivity contribution in [1.82, 2.24) is 9.80 Å². The second kappa shape index (κ2) is 6.99. The fourth-order valence-electron chi connectivity index (χ4n) is 2.08. The van der Waals surface area contributed by atoms with E-state index in [-0.39, 0.29) is 0 Å². The quantitative estimate of drug-likeness (QED) is 0.486. The maximum Gasteiger partial charge on any atom is 0.0593 e. The number of piperazine rings is 1. The van der Waals surface area contributed by atoms with Crippen LogP contribution in [0.5, 0.6) is 0 Å². The van der Waals surface area contributed by atoms with Crippen molar-refractivity contribution in [3.8, 4) is 0 Å². The van der Waals surface area contributed by atoms with Gasteiger partial charge in [-0.25, -0.2) is 0 Å². The Kier molecular flexibility index (Phi) is 5.91. The smallest absolute Gasteiger partial charge is 0.0593 e. The van der Waals surface area contributed by atoms with Gasteiger partial charge in [0.15, 0.2) is 0 Å². The van der Waals surface area contributed by atoms with Crippen LogP contribution in [0.15, 0.2) is 12.7 Å². The van der Waals surface area contributed by atoms with Crippen LogP contribution in [0.25, 0.3) is 0 Å². The highest BCUT2D eigenvalue weighted by molar-refractivity contribution is 4.83. The minimum atomic E-state index is 0.638. The summed E-state index contributed by atoms with van der Waals surface area (Å²) in [5, 5.41) is 0. The van der Waals surface area contributed by atoms with E-state index in [4.69, 9.17) is 4.74 Å². The molecule has 0 radical (unpaired) electrons. The fraction of sp³-hybridized carbons (Fsp3) is 0.833. The first-order chi connectivity index (χ1) is 7.27. The van der Waals surface area contributed by atoms with Crippen molar-refractivity contribution in [3.05, 3.63) is 12.7 Å². The van der Waals surface area contributed by atoms with Crippen LogP contribution in [0.1, 0.15) is 13.8 Å². The molecule has 0 aromatic rings. The highest BCUT2D eigenvalue weighted by atomic mass is 16.5. The van der Waals surface area contributed by atoms with Crippen molar-refractivity contribution < 1.29 is 4.74 Å². The van der Waals surface area contributed by atoms with Gasteiger partial charge in [-0.15, -0.1) is 6.58 Å². The van der Waals surface area contributed by atoms with E-state index < -0.39 is 0 Å². The molecule has 3 nitrogen and oxygen atoms in total. The van der Waals surface area contributed by atoms with E-state index in [1.807, 2.05) is 13.0 Å². The first-order valence-corrected chi connectivity index (χ1v) is 5.93. The third-order valence-corrected chi connectivity index (χ3v) is 2.96. The van der Waals surface area contributed by atoms with Gasteiger partial charge in [0.1, 0.15) is 0 Å². The zero-order chi connectivity index (χ0) is 11.1. The van der Waals surface area contributed by atoms with E-state index in [1.54, 1.807) is 0 Å². The minimum Gasteiger partial charge on any atom is -0.380 e. The third kappa shape index (κ3) is 4.33. The lowest BCUT2D eigenvalue weighted by Gasteiger charge is -2.39. The second-order valence-electron chi connectivity index (χ2n) is 4.13. The second-order valence-corrected chi connectivity index (χ2v) is 4.13. The Morgan fingerprint density at radius 1 is 1.47 bits per heavy atom. The summed E-state index contributed by atoms with van der Waals surface area (Å²) in [5.74, 6) is 0. The van der Waals surface area contributed by atoms with Gasteiger partial charge in [0.2, 0.25) is 0 Å². The molecule has 1 saturated heterocycles. The van der Waals surface area contributed by atoms with E-state index in [0.29, 0.717) is 6.04 Å². The molecule has 1 heterocycles. The molecule has 88 valence electrons. The van der Waals surface area contributed by atoms with Gasteiger partial charge in [0.25, 0.3) is 0 Å². The first-order valence-electron chi connectivity index (χ1n) is 5.93. The van der Waals surface area contributed by atoms with Crippen LogP contribution in [0.2, 0.25) is 0 Å². The van der Waals surface area contributed by atoms with E-state index in [0.717, 1.165) is 45.9 Å². The molecule has 1 atom stereocenters.